The van der Waals surface area contributed by atoms with Crippen molar-refractivity contribution in [2.75, 3.05) is 0 Å². The molecule has 2 fully saturated rings. The van der Waals surface area contributed by atoms with E-state index in [1.807, 2.05) is 6.92 Å². The first-order valence-corrected chi connectivity index (χ1v) is 4.27. The second kappa shape index (κ2) is 2.44. The number of hydrogen-bond donors (Lipinski definition) is 2. The van der Waals surface area contributed by atoms with Crippen LogP contribution in [0.25, 0.3) is 0 Å². The summed E-state index contributed by atoms with van der Waals surface area (Å²) >= 11 is 0. The summed E-state index contributed by atoms with van der Waals surface area (Å²) in [6, 6.07) is 0. The van der Waals surface area contributed by atoms with Crippen LogP contribution in [0.4, 0.5) is 0 Å². The van der Waals surface area contributed by atoms with Crippen LogP contribution in [0.15, 0.2) is 0 Å². The van der Waals surface area contributed by atoms with Crippen molar-refractivity contribution in [2.24, 2.45) is 5.41 Å². The van der Waals surface area contributed by atoms with Crippen LogP contribution >= 0.6 is 0 Å². The highest BCUT2D eigenvalue weighted by Gasteiger charge is 2.53. The van der Waals surface area contributed by atoms with Crippen LogP contribution in [0, 0.1) is 5.41 Å². The Morgan fingerprint density at radius 2 is 2.42 bits per heavy atom. The quantitative estimate of drug-likeness (QED) is 0.445. The molecule has 4 heteroatoms. The molecule has 2 bridgehead atoms. The molecule has 1 amide bonds. The van der Waals surface area contributed by atoms with Crippen molar-refractivity contribution in [1.29, 1.82) is 0 Å². The van der Waals surface area contributed by atoms with Gasteiger partial charge in [0.25, 0.3) is 5.91 Å². The predicted octanol–water partition coefficient (Wildman–Crippen LogP) is 0.449. The van der Waals surface area contributed by atoms with Crippen molar-refractivity contribution < 1.29 is 14.7 Å². The number of carbonyl (C=O) groups is 1. The SMILES string of the molecule is CC1(C(=O)NO)CC2CCC1O2. The van der Waals surface area contributed by atoms with E-state index >= 15 is 0 Å². The first-order chi connectivity index (χ1) is 5.66. The molecule has 0 aromatic rings. The number of rotatable bonds is 1. The zero-order valence-corrected chi connectivity index (χ0v) is 7.04. The first-order valence-electron chi connectivity index (χ1n) is 4.27. The van der Waals surface area contributed by atoms with Gasteiger partial charge in [-0.25, -0.2) is 5.48 Å². The van der Waals surface area contributed by atoms with Gasteiger partial charge in [-0.15, -0.1) is 0 Å². The Kier molecular flexibility index (Phi) is 1.63. The molecular formula is C8H13NO3. The van der Waals surface area contributed by atoms with Gasteiger partial charge < -0.3 is 4.74 Å². The molecule has 2 saturated heterocycles. The topological polar surface area (TPSA) is 58.6 Å². The second-order valence-electron chi connectivity index (χ2n) is 3.89. The lowest BCUT2D eigenvalue weighted by atomic mass is 9.75. The maximum atomic E-state index is 11.3. The fraction of sp³-hybridized carbons (Fsp3) is 0.875. The molecule has 68 valence electrons. The van der Waals surface area contributed by atoms with Gasteiger partial charge in [0.05, 0.1) is 17.6 Å². The van der Waals surface area contributed by atoms with Crippen LogP contribution < -0.4 is 5.48 Å². The number of hydrogen-bond acceptors (Lipinski definition) is 3. The third-order valence-electron chi connectivity index (χ3n) is 3.09. The average molecular weight is 171 g/mol. The molecule has 0 radical (unpaired) electrons. The minimum atomic E-state index is -0.502. The Morgan fingerprint density at radius 3 is 2.83 bits per heavy atom. The number of amides is 1. The van der Waals surface area contributed by atoms with Crippen LogP contribution in [0.5, 0.6) is 0 Å². The van der Waals surface area contributed by atoms with Crippen LogP contribution in [-0.4, -0.2) is 23.3 Å². The fourth-order valence-electron chi connectivity index (χ4n) is 2.30. The van der Waals surface area contributed by atoms with E-state index in [1.165, 1.54) is 0 Å². The van der Waals surface area contributed by atoms with Crippen molar-refractivity contribution in [1.82, 2.24) is 5.48 Å². The summed E-state index contributed by atoms with van der Waals surface area (Å²) in [6.45, 7) is 1.85. The summed E-state index contributed by atoms with van der Waals surface area (Å²) in [7, 11) is 0. The monoisotopic (exact) mass is 171 g/mol. The molecule has 2 aliphatic rings. The highest BCUT2D eigenvalue weighted by atomic mass is 16.5. The summed E-state index contributed by atoms with van der Waals surface area (Å²) in [6.07, 6.45) is 2.98. The Labute approximate surface area is 70.9 Å². The zero-order valence-electron chi connectivity index (χ0n) is 7.04. The first kappa shape index (κ1) is 8.01. The Bertz CT molecular complexity index is 218. The molecule has 2 aliphatic heterocycles. The highest BCUT2D eigenvalue weighted by Crippen LogP contribution is 2.47. The lowest BCUT2D eigenvalue weighted by Crippen LogP contribution is -2.43. The van der Waals surface area contributed by atoms with E-state index in [9.17, 15) is 4.79 Å². The third-order valence-corrected chi connectivity index (χ3v) is 3.09. The molecule has 2 heterocycles. The third kappa shape index (κ3) is 0.881. The molecular weight excluding hydrogens is 158 g/mol. The van der Waals surface area contributed by atoms with E-state index in [1.54, 1.807) is 5.48 Å². The van der Waals surface area contributed by atoms with Gasteiger partial charge in [-0.2, -0.15) is 0 Å². The Morgan fingerprint density at radius 1 is 1.67 bits per heavy atom. The molecule has 0 aromatic heterocycles. The summed E-state index contributed by atoms with van der Waals surface area (Å²) in [4.78, 5) is 11.3. The van der Waals surface area contributed by atoms with Gasteiger partial charge in [-0.1, -0.05) is 0 Å². The maximum absolute atomic E-state index is 11.3. The van der Waals surface area contributed by atoms with Gasteiger partial charge in [0.2, 0.25) is 0 Å². The normalized spacial score (nSPS) is 44.8. The van der Waals surface area contributed by atoms with Crippen LogP contribution in [0.3, 0.4) is 0 Å². The van der Waals surface area contributed by atoms with Gasteiger partial charge in [0.15, 0.2) is 0 Å². The standard InChI is InChI=1S/C8H13NO3/c1-8(7(10)9-11)4-5-2-3-6(8)12-5/h5-6,11H,2-4H2,1H3,(H,9,10). The van der Waals surface area contributed by atoms with E-state index in [2.05, 4.69) is 0 Å². The molecule has 0 spiro atoms. The summed E-state index contributed by atoms with van der Waals surface area (Å²) < 4.78 is 5.54. The molecule has 12 heavy (non-hydrogen) atoms. The summed E-state index contributed by atoms with van der Waals surface area (Å²) in [5.41, 5.74) is 1.21. The highest BCUT2D eigenvalue weighted by molar-refractivity contribution is 5.82. The predicted molar refractivity (Wildman–Crippen MR) is 40.5 cm³/mol. The minimum absolute atomic E-state index is 0.00894. The molecule has 2 N–H and O–H groups in total. The Balaban J connectivity index is 2.17. The summed E-state index contributed by atoms with van der Waals surface area (Å²) in [5.74, 6) is -0.310. The molecule has 4 nitrogen and oxygen atoms in total. The van der Waals surface area contributed by atoms with E-state index in [4.69, 9.17) is 9.94 Å². The molecule has 3 atom stereocenters. The van der Waals surface area contributed by atoms with E-state index in [-0.39, 0.29) is 18.1 Å². The maximum Gasteiger partial charge on any atom is 0.251 e. The minimum Gasteiger partial charge on any atom is -0.374 e. The fourth-order valence-corrected chi connectivity index (χ4v) is 2.30. The van der Waals surface area contributed by atoms with E-state index in [0.29, 0.717) is 0 Å². The zero-order chi connectivity index (χ0) is 8.77. The van der Waals surface area contributed by atoms with Crippen molar-refractivity contribution in [3.8, 4) is 0 Å². The van der Waals surface area contributed by atoms with Gasteiger partial charge in [-0.05, 0) is 26.2 Å². The number of carbonyl (C=O) groups excluding carboxylic acids is 1. The Hall–Kier alpha value is -0.610. The van der Waals surface area contributed by atoms with E-state index in [0.717, 1.165) is 19.3 Å². The van der Waals surface area contributed by atoms with Gasteiger partial charge in [0, 0.05) is 0 Å². The number of hydroxylamine groups is 1. The lowest BCUT2D eigenvalue weighted by molar-refractivity contribution is -0.141. The second-order valence-corrected chi connectivity index (χ2v) is 3.89. The van der Waals surface area contributed by atoms with Gasteiger partial charge in [-0.3, -0.25) is 10.0 Å². The van der Waals surface area contributed by atoms with Crippen molar-refractivity contribution >= 4 is 5.91 Å². The number of ether oxygens (including phenoxy) is 1. The molecule has 2 rings (SSSR count). The van der Waals surface area contributed by atoms with Gasteiger partial charge >= 0.3 is 0 Å². The van der Waals surface area contributed by atoms with Crippen molar-refractivity contribution in [3.05, 3.63) is 0 Å². The smallest absolute Gasteiger partial charge is 0.251 e. The number of nitrogens with one attached hydrogen (secondary N) is 1. The van der Waals surface area contributed by atoms with Crippen molar-refractivity contribution in [3.63, 3.8) is 0 Å². The van der Waals surface area contributed by atoms with E-state index < -0.39 is 5.41 Å². The van der Waals surface area contributed by atoms with Gasteiger partial charge in [0.1, 0.15) is 0 Å². The largest absolute Gasteiger partial charge is 0.374 e. The molecule has 0 saturated carbocycles. The lowest BCUT2D eigenvalue weighted by Gasteiger charge is -2.28. The van der Waals surface area contributed by atoms with Crippen LogP contribution in [0.2, 0.25) is 0 Å². The number of fused-ring (bicyclic) bond motifs is 2. The summed E-state index contributed by atoms with van der Waals surface area (Å²) in [5, 5.41) is 8.53. The van der Waals surface area contributed by atoms with Crippen molar-refractivity contribution in [2.45, 2.75) is 38.4 Å². The average Bonchev–Trinajstić information content (AvgIpc) is 2.62. The van der Waals surface area contributed by atoms with Crippen LogP contribution in [-0.2, 0) is 9.53 Å². The molecule has 3 unspecified atom stereocenters. The molecule has 0 aliphatic carbocycles. The van der Waals surface area contributed by atoms with Crippen LogP contribution in [0.1, 0.15) is 26.2 Å². The molecule has 0 aromatic carbocycles.